The molecule has 0 saturated heterocycles. The zero-order valence-corrected chi connectivity index (χ0v) is 19.7. The molecule has 0 radical (unpaired) electrons. The molecule has 0 aromatic heterocycles. The van der Waals surface area contributed by atoms with Gasteiger partial charge in [0.1, 0.15) is 6.61 Å². The average molecular weight is 465 g/mol. The molecule has 180 valence electrons. The van der Waals surface area contributed by atoms with Crippen LogP contribution in [0, 0.1) is 0 Å². The third-order valence-electron chi connectivity index (χ3n) is 6.84. The van der Waals surface area contributed by atoms with E-state index in [1.165, 1.54) is 11.1 Å². The maximum absolute atomic E-state index is 12.9. The van der Waals surface area contributed by atoms with Crippen LogP contribution in [0.3, 0.4) is 0 Å². The van der Waals surface area contributed by atoms with E-state index < -0.39 is 23.1 Å². The Kier molecular flexibility index (Phi) is 6.64. The van der Waals surface area contributed by atoms with E-state index in [-0.39, 0.29) is 31.3 Å². The number of ether oxygens (including phenoxy) is 1. The van der Waals surface area contributed by atoms with Crippen LogP contribution in [0.25, 0.3) is 11.1 Å². The van der Waals surface area contributed by atoms with Crippen molar-refractivity contribution in [2.45, 2.75) is 69.4 Å². The number of alkyl carbamates (subject to hydrolysis) is 1. The number of amides is 2. The maximum Gasteiger partial charge on any atom is 0.407 e. The molecule has 7 heteroatoms. The van der Waals surface area contributed by atoms with E-state index in [0.717, 1.165) is 24.0 Å². The highest BCUT2D eigenvalue weighted by molar-refractivity contribution is 5.81. The number of benzene rings is 2. The van der Waals surface area contributed by atoms with Crippen LogP contribution >= 0.6 is 0 Å². The quantitative estimate of drug-likeness (QED) is 0.530. The van der Waals surface area contributed by atoms with Crippen LogP contribution in [0.1, 0.15) is 69.4 Å². The summed E-state index contributed by atoms with van der Waals surface area (Å²) in [4.78, 5) is 36.6. The topological polar surface area (TPSA) is 105 Å². The van der Waals surface area contributed by atoms with E-state index in [9.17, 15) is 14.4 Å². The van der Waals surface area contributed by atoms with Crippen molar-refractivity contribution >= 4 is 18.0 Å². The van der Waals surface area contributed by atoms with Crippen molar-refractivity contribution in [3.05, 3.63) is 59.7 Å². The molecule has 3 N–H and O–H groups in total. The predicted octanol–water partition coefficient (Wildman–Crippen LogP) is 4.60. The third kappa shape index (κ3) is 5.24. The highest BCUT2D eigenvalue weighted by Crippen LogP contribution is 2.44. The number of carboxylic acids is 1. The molecule has 7 nitrogen and oxygen atoms in total. The molecule has 2 aromatic carbocycles. The number of nitrogens with one attached hydrogen (secondary N) is 2. The van der Waals surface area contributed by atoms with Gasteiger partial charge >= 0.3 is 12.1 Å². The summed E-state index contributed by atoms with van der Waals surface area (Å²) in [5, 5.41) is 14.8. The number of aliphatic carboxylic acids is 1. The van der Waals surface area contributed by atoms with Crippen LogP contribution in [0.5, 0.6) is 0 Å². The number of hydrogen-bond donors (Lipinski definition) is 3. The number of fused-ring (bicyclic) bond motifs is 3. The molecular weight excluding hydrogens is 432 g/mol. The Morgan fingerprint density at radius 2 is 1.56 bits per heavy atom. The second-order valence-corrected chi connectivity index (χ2v) is 10.1. The molecule has 0 heterocycles. The van der Waals surface area contributed by atoms with Gasteiger partial charge in [-0.1, -0.05) is 61.4 Å². The molecule has 34 heavy (non-hydrogen) atoms. The van der Waals surface area contributed by atoms with Crippen LogP contribution in [-0.2, 0) is 14.3 Å². The monoisotopic (exact) mass is 464 g/mol. The summed E-state index contributed by atoms with van der Waals surface area (Å²) >= 11 is 0. The summed E-state index contributed by atoms with van der Waals surface area (Å²) < 4.78 is 5.70. The lowest BCUT2D eigenvalue weighted by Crippen LogP contribution is -2.52. The van der Waals surface area contributed by atoms with Crippen molar-refractivity contribution in [1.82, 2.24) is 10.6 Å². The fourth-order valence-corrected chi connectivity index (χ4v) is 5.40. The molecular formula is C27H32N2O5. The normalized spacial score (nSPS) is 16.4. The molecule has 0 bridgehead atoms. The Hall–Kier alpha value is -3.35. The summed E-state index contributed by atoms with van der Waals surface area (Å²) in [6.07, 6.45) is 2.59. The van der Waals surface area contributed by atoms with Crippen molar-refractivity contribution < 1.29 is 24.2 Å². The first-order valence-corrected chi connectivity index (χ1v) is 11.8. The Bertz CT molecular complexity index is 1040. The molecule has 0 unspecified atom stereocenters. The van der Waals surface area contributed by atoms with Crippen LogP contribution in [0.15, 0.2) is 48.5 Å². The second kappa shape index (κ2) is 9.49. The van der Waals surface area contributed by atoms with Gasteiger partial charge in [-0.15, -0.1) is 0 Å². The Balaban J connectivity index is 1.39. The Morgan fingerprint density at radius 1 is 1.00 bits per heavy atom. The average Bonchev–Trinajstić information content (AvgIpc) is 3.33. The number of carboxylic acid groups (broad SMARTS) is 1. The van der Waals surface area contributed by atoms with E-state index in [4.69, 9.17) is 9.84 Å². The minimum absolute atomic E-state index is 0.0298. The van der Waals surface area contributed by atoms with E-state index in [0.29, 0.717) is 12.8 Å². The largest absolute Gasteiger partial charge is 0.481 e. The van der Waals surface area contributed by atoms with Crippen molar-refractivity contribution in [3.8, 4) is 11.1 Å². The van der Waals surface area contributed by atoms with E-state index in [1.54, 1.807) is 13.8 Å². The number of carbonyl (C=O) groups excluding carboxylic acids is 2. The number of hydrogen-bond acceptors (Lipinski definition) is 4. The third-order valence-corrected chi connectivity index (χ3v) is 6.84. The van der Waals surface area contributed by atoms with Gasteiger partial charge in [0, 0.05) is 17.9 Å². The SMILES string of the molecule is CC(C)(CC(=O)O)NC(=O)CC1(NC(=O)OCC2c3ccccc3-c3ccccc32)CCCC1. The van der Waals surface area contributed by atoms with Gasteiger partial charge < -0.3 is 20.5 Å². The van der Waals surface area contributed by atoms with Crippen molar-refractivity contribution in [1.29, 1.82) is 0 Å². The number of rotatable bonds is 8. The lowest BCUT2D eigenvalue weighted by molar-refractivity contribution is -0.138. The fraction of sp³-hybridized carbons (Fsp3) is 0.444. The fourth-order valence-electron chi connectivity index (χ4n) is 5.40. The van der Waals surface area contributed by atoms with Crippen LogP contribution in [0.2, 0.25) is 0 Å². The van der Waals surface area contributed by atoms with Gasteiger partial charge in [0.25, 0.3) is 0 Å². The predicted molar refractivity (Wildman–Crippen MR) is 128 cm³/mol. The first kappa shape index (κ1) is 23.8. The minimum Gasteiger partial charge on any atom is -0.481 e. The van der Waals surface area contributed by atoms with Gasteiger partial charge in [0.15, 0.2) is 0 Å². The molecule has 1 saturated carbocycles. The van der Waals surface area contributed by atoms with Gasteiger partial charge in [0.2, 0.25) is 5.91 Å². The Labute approximate surface area is 199 Å². The molecule has 0 atom stereocenters. The van der Waals surface area contributed by atoms with Crippen molar-refractivity contribution in [2.75, 3.05) is 6.61 Å². The molecule has 2 amide bonds. The van der Waals surface area contributed by atoms with E-state index >= 15 is 0 Å². The summed E-state index contributed by atoms with van der Waals surface area (Å²) in [6, 6.07) is 16.3. The van der Waals surface area contributed by atoms with Crippen LogP contribution in [0.4, 0.5) is 4.79 Å². The first-order valence-electron chi connectivity index (χ1n) is 11.8. The zero-order valence-electron chi connectivity index (χ0n) is 19.7. The summed E-state index contributed by atoms with van der Waals surface area (Å²) in [5.74, 6) is -1.28. The first-order chi connectivity index (χ1) is 16.2. The molecule has 0 spiro atoms. The molecule has 4 rings (SSSR count). The smallest absolute Gasteiger partial charge is 0.407 e. The van der Waals surface area contributed by atoms with Gasteiger partial charge in [-0.2, -0.15) is 0 Å². The highest BCUT2D eigenvalue weighted by atomic mass is 16.5. The highest BCUT2D eigenvalue weighted by Gasteiger charge is 2.39. The minimum atomic E-state index is -0.974. The molecule has 2 aliphatic carbocycles. The summed E-state index contributed by atoms with van der Waals surface area (Å²) in [7, 11) is 0. The standard InChI is InChI=1S/C27H32N2O5/c1-26(2,16-24(31)32)28-23(30)15-27(13-7-8-14-27)29-25(33)34-17-22-20-11-5-3-9-18(20)19-10-4-6-12-21(19)22/h3-6,9-12,22H,7-8,13-17H2,1-2H3,(H,28,30)(H,29,33)(H,31,32). The number of carbonyl (C=O) groups is 3. The molecule has 0 aliphatic heterocycles. The lowest BCUT2D eigenvalue weighted by atomic mass is 9.91. The lowest BCUT2D eigenvalue weighted by Gasteiger charge is -2.32. The second-order valence-electron chi connectivity index (χ2n) is 10.1. The van der Waals surface area contributed by atoms with Crippen LogP contribution in [-0.4, -0.2) is 40.8 Å². The van der Waals surface area contributed by atoms with Gasteiger partial charge in [-0.3, -0.25) is 9.59 Å². The van der Waals surface area contributed by atoms with Crippen molar-refractivity contribution in [2.24, 2.45) is 0 Å². The van der Waals surface area contributed by atoms with Crippen molar-refractivity contribution in [3.63, 3.8) is 0 Å². The summed E-state index contributed by atoms with van der Waals surface area (Å²) in [5.41, 5.74) is 3.08. The van der Waals surface area contributed by atoms with Gasteiger partial charge in [-0.25, -0.2) is 4.79 Å². The molecule has 2 aliphatic rings. The molecule has 1 fully saturated rings. The summed E-state index contributed by atoms with van der Waals surface area (Å²) in [6.45, 7) is 3.58. The van der Waals surface area contributed by atoms with Gasteiger partial charge in [0.05, 0.1) is 12.0 Å². The van der Waals surface area contributed by atoms with E-state index in [2.05, 4.69) is 34.9 Å². The van der Waals surface area contributed by atoms with Gasteiger partial charge in [-0.05, 0) is 48.9 Å². The maximum atomic E-state index is 12.9. The Morgan fingerprint density at radius 3 is 2.12 bits per heavy atom. The van der Waals surface area contributed by atoms with E-state index in [1.807, 2.05) is 24.3 Å². The zero-order chi connectivity index (χ0) is 24.3. The van der Waals surface area contributed by atoms with Crippen LogP contribution < -0.4 is 10.6 Å². The molecule has 2 aromatic rings.